The van der Waals surface area contributed by atoms with Gasteiger partial charge in [0.25, 0.3) is 0 Å². The van der Waals surface area contributed by atoms with E-state index < -0.39 is 0 Å². The monoisotopic (exact) mass is 353 g/mol. The molecule has 3 aromatic rings. The molecule has 0 saturated carbocycles. The lowest BCUT2D eigenvalue weighted by Crippen LogP contribution is -2.36. The molecule has 1 aromatic carbocycles. The molecule has 0 fully saturated rings. The van der Waals surface area contributed by atoms with Crippen molar-refractivity contribution in [3.8, 4) is 10.6 Å². The summed E-state index contributed by atoms with van der Waals surface area (Å²) in [6, 6.07) is 12.0. The summed E-state index contributed by atoms with van der Waals surface area (Å²) in [5, 5.41) is 2.87. The van der Waals surface area contributed by atoms with Gasteiger partial charge in [-0.3, -0.25) is 9.78 Å². The molecule has 1 amide bonds. The summed E-state index contributed by atoms with van der Waals surface area (Å²) in [6.07, 6.45) is 3.87. The van der Waals surface area contributed by atoms with Crippen molar-refractivity contribution in [2.45, 2.75) is 11.3 Å². The highest BCUT2D eigenvalue weighted by Crippen LogP contribution is 2.34. The van der Waals surface area contributed by atoms with Crippen LogP contribution in [0.1, 0.15) is 5.69 Å². The molecular weight excluding hydrogens is 338 g/mol. The predicted molar refractivity (Wildman–Crippen MR) is 98.6 cm³/mol. The third-order valence-corrected chi connectivity index (χ3v) is 5.81. The topological polar surface area (TPSA) is 46.1 Å². The Morgan fingerprint density at radius 2 is 2.12 bits per heavy atom. The van der Waals surface area contributed by atoms with E-state index in [1.807, 2.05) is 40.6 Å². The van der Waals surface area contributed by atoms with Gasteiger partial charge in [0.2, 0.25) is 5.91 Å². The Morgan fingerprint density at radius 3 is 3.00 bits per heavy atom. The standard InChI is InChI=1S/C18H15N3OS2/c22-17(21-8-9-23-16-6-2-1-5-15(16)21)10-14-12-24-18(20-14)13-4-3-7-19-11-13/h1-7,11-12H,8-10H2. The maximum absolute atomic E-state index is 12.7. The van der Waals surface area contributed by atoms with Crippen LogP contribution in [-0.2, 0) is 11.2 Å². The molecule has 4 rings (SSSR count). The van der Waals surface area contributed by atoms with Gasteiger partial charge in [0.1, 0.15) is 5.01 Å². The van der Waals surface area contributed by atoms with Crippen LogP contribution in [0.2, 0.25) is 0 Å². The molecule has 0 saturated heterocycles. The second-order valence-electron chi connectivity index (χ2n) is 5.42. The van der Waals surface area contributed by atoms with Crippen molar-refractivity contribution in [3.63, 3.8) is 0 Å². The number of carbonyl (C=O) groups excluding carboxylic acids is 1. The number of hydrogen-bond donors (Lipinski definition) is 0. The highest BCUT2D eigenvalue weighted by atomic mass is 32.2. The van der Waals surface area contributed by atoms with Crippen LogP contribution < -0.4 is 4.90 Å². The Balaban J connectivity index is 1.53. The summed E-state index contributed by atoms with van der Waals surface area (Å²) >= 11 is 3.35. The van der Waals surface area contributed by atoms with Crippen molar-refractivity contribution in [3.05, 3.63) is 59.9 Å². The Hall–Kier alpha value is -2.18. The molecule has 0 bridgehead atoms. The molecule has 0 atom stereocenters. The minimum atomic E-state index is 0.103. The van der Waals surface area contributed by atoms with E-state index in [9.17, 15) is 4.79 Å². The first kappa shape index (κ1) is 15.4. The minimum Gasteiger partial charge on any atom is -0.310 e. The molecule has 0 N–H and O–H groups in total. The lowest BCUT2D eigenvalue weighted by atomic mass is 10.2. The minimum absolute atomic E-state index is 0.103. The number of amides is 1. The van der Waals surface area contributed by atoms with Crippen LogP contribution in [0.25, 0.3) is 10.6 Å². The van der Waals surface area contributed by atoms with Crippen molar-refractivity contribution in [2.75, 3.05) is 17.2 Å². The average Bonchev–Trinajstić information content (AvgIpc) is 3.10. The summed E-state index contributed by atoms with van der Waals surface area (Å²) in [7, 11) is 0. The first-order chi connectivity index (χ1) is 11.8. The summed E-state index contributed by atoms with van der Waals surface area (Å²) in [6.45, 7) is 0.750. The molecule has 24 heavy (non-hydrogen) atoms. The molecule has 120 valence electrons. The third kappa shape index (κ3) is 3.07. The van der Waals surface area contributed by atoms with Gasteiger partial charge >= 0.3 is 0 Å². The number of aromatic nitrogens is 2. The van der Waals surface area contributed by atoms with Gasteiger partial charge in [0, 0.05) is 40.5 Å². The number of benzene rings is 1. The first-order valence-electron chi connectivity index (χ1n) is 7.68. The van der Waals surface area contributed by atoms with Gasteiger partial charge in [0.15, 0.2) is 0 Å². The maximum Gasteiger partial charge on any atom is 0.233 e. The molecule has 0 radical (unpaired) electrons. The summed E-state index contributed by atoms with van der Waals surface area (Å²) in [5.74, 6) is 1.03. The number of hydrogen-bond acceptors (Lipinski definition) is 5. The quantitative estimate of drug-likeness (QED) is 0.717. The molecule has 0 aliphatic carbocycles. The van der Waals surface area contributed by atoms with Crippen LogP contribution >= 0.6 is 23.1 Å². The van der Waals surface area contributed by atoms with E-state index in [0.29, 0.717) is 6.42 Å². The van der Waals surface area contributed by atoms with E-state index in [1.165, 1.54) is 4.90 Å². The van der Waals surface area contributed by atoms with Crippen LogP contribution in [-0.4, -0.2) is 28.2 Å². The molecule has 1 aliphatic heterocycles. The van der Waals surface area contributed by atoms with Crippen molar-refractivity contribution < 1.29 is 4.79 Å². The van der Waals surface area contributed by atoms with Gasteiger partial charge in [-0.1, -0.05) is 12.1 Å². The van der Waals surface area contributed by atoms with E-state index in [-0.39, 0.29) is 5.91 Å². The zero-order valence-electron chi connectivity index (χ0n) is 12.9. The van der Waals surface area contributed by atoms with Crippen molar-refractivity contribution in [2.24, 2.45) is 0 Å². The van der Waals surface area contributed by atoms with E-state index in [4.69, 9.17) is 0 Å². The molecule has 6 heteroatoms. The van der Waals surface area contributed by atoms with E-state index >= 15 is 0 Å². The van der Waals surface area contributed by atoms with Crippen LogP contribution in [0.5, 0.6) is 0 Å². The smallest absolute Gasteiger partial charge is 0.233 e. The molecule has 0 unspecified atom stereocenters. The maximum atomic E-state index is 12.7. The Kier molecular flexibility index (Phi) is 4.32. The first-order valence-corrected chi connectivity index (χ1v) is 9.55. The van der Waals surface area contributed by atoms with Gasteiger partial charge < -0.3 is 4.90 Å². The fraction of sp³-hybridized carbons (Fsp3) is 0.167. The summed E-state index contributed by atoms with van der Waals surface area (Å²) < 4.78 is 0. The Bertz CT molecular complexity index is 863. The molecule has 4 nitrogen and oxygen atoms in total. The SMILES string of the molecule is O=C(Cc1csc(-c2cccnc2)n1)N1CCSc2ccccc21. The zero-order chi connectivity index (χ0) is 16.4. The van der Waals surface area contributed by atoms with Gasteiger partial charge in [-0.2, -0.15) is 0 Å². The Labute approximate surface area is 148 Å². The molecule has 1 aliphatic rings. The van der Waals surface area contributed by atoms with E-state index in [0.717, 1.165) is 34.2 Å². The van der Waals surface area contributed by atoms with Gasteiger partial charge in [-0.05, 0) is 24.3 Å². The molecule has 0 spiro atoms. The lowest BCUT2D eigenvalue weighted by molar-refractivity contribution is -0.118. The third-order valence-electron chi connectivity index (χ3n) is 3.82. The Morgan fingerprint density at radius 1 is 1.21 bits per heavy atom. The second kappa shape index (κ2) is 6.75. The number of thioether (sulfide) groups is 1. The van der Waals surface area contributed by atoms with Crippen LogP contribution in [0.3, 0.4) is 0 Å². The number of para-hydroxylation sites is 1. The fourth-order valence-electron chi connectivity index (χ4n) is 2.69. The normalized spacial score (nSPS) is 13.6. The molecule has 3 heterocycles. The van der Waals surface area contributed by atoms with Crippen molar-refractivity contribution in [1.82, 2.24) is 9.97 Å². The van der Waals surface area contributed by atoms with Crippen molar-refractivity contribution >= 4 is 34.7 Å². The zero-order valence-corrected chi connectivity index (χ0v) is 14.5. The van der Waals surface area contributed by atoms with Crippen LogP contribution in [0.4, 0.5) is 5.69 Å². The average molecular weight is 353 g/mol. The van der Waals surface area contributed by atoms with Crippen LogP contribution in [0.15, 0.2) is 59.1 Å². The number of fused-ring (bicyclic) bond motifs is 1. The van der Waals surface area contributed by atoms with Gasteiger partial charge in [0.05, 0.1) is 17.8 Å². The van der Waals surface area contributed by atoms with E-state index in [2.05, 4.69) is 16.0 Å². The van der Waals surface area contributed by atoms with Crippen molar-refractivity contribution in [1.29, 1.82) is 0 Å². The largest absolute Gasteiger partial charge is 0.310 e. The number of thiazole rings is 1. The fourth-order valence-corrected chi connectivity index (χ4v) is 4.49. The molecule has 2 aromatic heterocycles. The number of nitrogens with zero attached hydrogens (tertiary/aromatic N) is 3. The number of pyridine rings is 1. The van der Waals surface area contributed by atoms with E-state index in [1.54, 1.807) is 35.5 Å². The van der Waals surface area contributed by atoms with Gasteiger partial charge in [-0.15, -0.1) is 23.1 Å². The summed E-state index contributed by atoms with van der Waals surface area (Å²) in [5.41, 5.74) is 2.82. The second-order valence-corrected chi connectivity index (χ2v) is 7.42. The predicted octanol–water partition coefficient (Wildman–Crippen LogP) is 3.89. The number of rotatable bonds is 3. The van der Waals surface area contributed by atoms with Gasteiger partial charge in [-0.25, -0.2) is 4.98 Å². The highest BCUT2D eigenvalue weighted by molar-refractivity contribution is 7.99. The number of anilines is 1. The summed E-state index contributed by atoms with van der Waals surface area (Å²) in [4.78, 5) is 24.5. The number of carbonyl (C=O) groups is 1. The lowest BCUT2D eigenvalue weighted by Gasteiger charge is -2.28. The van der Waals surface area contributed by atoms with Crippen LogP contribution in [0, 0.1) is 0 Å². The molecular formula is C18H15N3OS2. The highest BCUT2D eigenvalue weighted by Gasteiger charge is 2.23.